The van der Waals surface area contributed by atoms with Crippen LogP contribution in [0, 0.1) is 0 Å². The fourth-order valence-electron chi connectivity index (χ4n) is 3.20. The zero-order valence-electron chi connectivity index (χ0n) is 17.4. The SMILES string of the molecule is O=C1/C(=C\c2cc(Cl)cc(Cl)c2OCCOc2ccccc2)SC(=S)N1Cc1ccccc1. The summed E-state index contributed by atoms with van der Waals surface area (Å²) in [4.78, 5) is 15.1. The van der Waals surface area contributed by atoms with Crippen molar-refractivity contribution in [3.8, 4) is 11.5 Å². The average Bonchev–Trinajstić information content (AvgIpc) is 3.06. The van der Waals surface area contributed by atoms with Crippen molar-refractivity contribution in [2.45, 2.75) is 6.54 Å². The molecule has 0 N–H and O–H groups in total. The number of para-hydroxylation sites is 1. The third kappa shape index (κ3) is 6.09. The first-order valence-electron chi connectivity index (χ1n) is 10.1. The van der Waals surface area contributed by atoms with Crippen molar-refractivity contribution in [2.75, 3.05) is 13.2 Å². The van der Waals surface area contributed by atoms with E-state index in [1.807, 2.05) is 60.7 Å². The first-order chi connectivity index (χ1) is 16.0. The molecule has 1 heterocycles. The van der Waals surface area contributed by atoms with E-state index < -0.39 is 0 Å². The second kappa shape index (κ2) is 11.1. The highest BCUT2D eigenvalue weighted by Gasteiger charge is 2.32. The fraction of sp³-hybridized carbons (Fsp3) is 0.120. The Bertz CT molecular complexity index is 1190. The highest BCUT2D eigenvalue weighted by molar-refractivity contribution is 8.26. The van der Waals surface area contributed by atoms with Gasteiger partial charge in [-0.05, 0) is 35.9 Å². The predicted octanol–water partition coefficient (Wildman–Crippen LogP) is 6.85. The maximum Gasteiger partial charge on any atom is 0.266 e. The third-order valence-corrected chi connectivity index (χ3v) is 6.60. The molecular formula is C25H19Cl2NO3S2. The monoisotopic (exact) mass is 515 g/mol. The second-order valence-electron chi connectivity index (χ2n) is 7.07. The molecule has 4 rings (SSSR count). The second-order valence-corrected chi connectivity index (χ2v) is 9.59. The summed E-state index contributed by atoms with van der Waals surface area (Å²) in [5.74, 6) is 1.03. The van der Waals surface area contributed by atoms with Gasteiger partial charge in [-0.2, -0.15) is 0 Å². The molecule has 8 heteroatoms. The number of ether oxygens (including phenoxy) is 2. The van der Waals surface area contributed by atoms with Gasteiger partial charge in [0.15, 0.2) is 0 Å². The number of thioether (sulfide) groups is 1. The van der Waals surface area contributed by atoms with Crippen molar-refractivity contribution in [3.05, 3.63) is 98.9 Å². The Hall–Kier alpha value is -2.51. The lowest BCUT2D eigenvalue weighted by Crippen LogP contribution is -2.27. The van der Waals surface area contributed by atoms with Crippen molar-refractivity contribution in [1.82, 2.24) is 4.90 Å². The Balaban J connectivity index is 1.49. The number of rotatable bonds is 8. The number of thiocarbonyl (C=S) groups is 1. The van der Waals surface area contributed by atoms with Gasteiger partial charge in [-0.25, -0.2) is 0 Å². The molecule has 3 aromatic rings. The highest BCUT2D eigenvalue weighted by Crippen LogP contribution is 2.38. The standard InChI is InChI=1S/C25H19Cl2NO3S2/c26-19-13-18(23(21(27)15-19)31-12-11-30-20-9-5-2-6-10-20)14-22-24(29)28(25(32)33-22)16-17-7-3-1-4-8-17/h1-10,13-15H,11-12,16H2/b22-14+. The molecule has 1 fully saturated rings. The summed E-state index contributed by atoms with van der Waals surface area (Å²) >= 11 is 19.3. The molecule has 1 aliphatic rings. The summed E-state index contributed by atoms with van der Waals surface area (Å²) in [6.07, 6.45) is 1.72. The minimum absolute atomic E-state index is 0.164. The summed E-state index contributed by atoms with van der Waals surface area (Å²) in [7, 11) is 0. The summed E-state index contributed by atoms with van der Waals surface area (Å²) in [6, 6.07) is 22.5. The molecule has 0 unspecified atom stereocenters. The first-order valence-corrected chi connectivity index (χ1v) is 12.1. The lowest BCUT2D eigenvalue weighted by Gasteiger charge is -2.14. The number of carbonyl (C=O) groups excluding carboxylic acids is 1. The van der Waals surface area contributed by atoms with Crippen molar-refractivity contribution >= 4 is 63.5 Å². The molecule has 0 bridgehead atoms. The van der Waals surface area contributed by atoms with E-state index >= 15 is 0 Å². The van der Waals surface area contributed by atoms with Crippen LogP contribution >= 0.6 is 47.2 Å². The van der Waals surface area contributed by atoms with Crippen LogP contribution in [0.2, 0.25) is 10.0 Å². The van der Waals surface area contributed by atoms with Gasteiger partial charge >= 0.3 is 0 Å². The van der Waals surface area contributed by atoms with Gasteiger partial charge in [0.1, 0.15) is 29.0 Å². The molecule has 1 saturated heterocycles. The van der Waals surface area contributed by atoms with Crippen molar-refractivity contribution in [3.63, 3.8) is 0 Å². The molecule has 0 aliphatic carbocycles. The topological polar surface area (TPSA) is 38.8 Å². The highest BCUT2D eigenvalue weighted by atomic mass is 35.5. The summed E-state index contributed by atoms with van der Waals surface area (Å²) < 4.78 is 12.1. The van der Waals surface area contributed by atoms with Gasteiger partial charge in [-0.3, -0.25) is 9.69 Å². The van der Waals surface area contributed by atoms with Gasteiger partial charge < -0.3 is 9.47 Å². The van der Waals surface area contributed by atoms with Gasteiger partial charge in [0.05, 0.1) is 16.5 Å². The smallest absolute Gasteiger partial charge is 0.266 e. The zero-order chi connectivity index (χ0) is 23.2. The van der Waals surface area contributed by atoms with Gasteiger partial charge in [0, 0.05) is 10.6 Å². The molecule has 0 aromatic heterocycles. The first kappa shape index (κ1) is 23.6. The Morgan fingerprint density at radius 3 is 2.33 bits per heavy atom. The molecule has 1 aliphatic heterocycles. The quantitative estimate of drug-likeness (QED) is 0.186. The molecule has 4 nitrogen and oxygen atoms in total. The van der Waals surface area contributed by atoms with Crippen LogP contribution in [0.1, 0.15) is 11.1 Å². The van der Waals surface area contributed by atoms with Crippen LogP contribution in [-0.2, 0) is 11.3 Å². The molecular weight excluding hydrogens is 497 g/mol. The molecule has 0 spiro atoms. The van der Waals surface area contributed by atoms with E-state index in [0.717, 1.165) is 11.3 Å². The maximum absolute atomic E-state index is 13.0. The minimum Gasteiger partial charge on any atom is -0.490 e. The largest absolute Gasteiger partial charge is 0.490 e. The summed E-state index contributed by atoms with van der Waals surface area (Å²) in [5.41, 5.74) is 1.61. The molecule has 33 heavy (non-hydrogen) atoms. The van der Waals surface area contributed by atoms with E-state index in [0.29, 0.717) is 43.7 Å². The van der Waals surface area contributed by atoms with Gasteiger partial charge in [-0.15, -0.1) is 0 Å². The van der Waals surface area contributed by atoms with E-state index in [1.54, 1.807) is 23.1 Å². The molecule has 0 radical (unpaired) electrons. The van der Waals surface area contributed by atoms with Crippen LogP contribution in [0.15, 0.2) is 77.7 Å². The number of amides is 1. The zero-order valence-corrected chi connectivity index (χ0v) is 20.5. The Morgan fingerprint density at radius 2 is 1.61 bits per heavy atom. The van der Waals surface area contributed by atoms with Crippen LogP contribution in [0.5, 0.6) is 11.5 Å². The van der Waals surface area contributed by atoms with Gasteiger partial charge in [0.2, 0.25) is 0 Å². The normalized spacial score (nSPS) is 14.7. The van der Waals surface area contributed by atoms with Crippen LogP contribution in [-0.4, -0.2) is 28.3 Å². The summed E-state index contributed by atoms with van der Waals surface area (Å²) in [5, 5.41) is 0.798. The van der Waals surface area contributed by atoms with Crippen LogP contribution < -0.4 is 9.47 Å². The Morgan fingerprint density at radius 1 is 0.939 bits per heavy atom. The van der Waals surface area contributed by atoms with E-state index in [2.05, 4.69) is 0 Å². The number of hydrogen-bond acceptors (Lipinski definition) is 5. The van der Waals surface area contributed by atoms with Gasteiger partial charge in [-0.1, -0.05) is 95.7 Å². The lowest BCUT2D eigenvalue weighted by molar-refractivity contribution is -0.122. The predicted molar refractivity (Wildman–Crippen MR) is 139 cm³/mol. The number of benzene rings is 3. The Kier molecular flexibility index (Phi) is 7.93. The van der Waals surface area contributed by atoms with Crippen LogP contribution in [0.4, 0.5) is 0 Å². The fourth-order valence-corrected chi connectivity index (χ4v) is 5.01. The van der Waals surface area contributed by atoms with Crippen molar-refractivity contribution in [1.29, 1.82) is 0 Å². The number of hydrogen-bond donors (Lipinski definition) is 0. The van der Waals surface area contributed by atoms with E-state index in [1.165, 1.54) is 11.8 Å². The lowest BCUT2D eigenvalue weighted by atomic mass is 10.1. The number of nitrogens with zero attached hydrogens (tertiary/aromatic N) is 1. The molecule has 168 valence electrons. The minimum atomic E-state index is -0.164. The van der Waals surface area contributed by atoms with Crippen LogP contribution in [0.3, 0.4) is 0 Å². The average molecular weight is 516 g/mol. The molecule has 1 amide bonds. The molecule has 0 saturated carbocycles. The number of carbonyl (C=O) groups is 1. The van der Waals surface area contributed by atoms with Crippen molar-refractivity contribution in [2.24, 2.45) is 0 Å². The van der Waals surface area contributed by atoms with Gasteiger partial charge in [0.25, 0.3) is 5.91 Å². The van der Waals surface area contributed by atoms with E-state index in [9.17, 15) is 4.79 Å². The molecule has 0 atom stereocenters. The van der Waals surface area contributed by atoms with E-state index in [4.69, 9.17) is 44.9 Å². The Labute approximate surface area is 212 Å². The third-order valence-electron chi connectivity index (χ3n) is 4.72. The van der Waals surface area contributed by atoms with Crippen molar-refractivity contribution < 1.29 is 14.3 Å². The molecule has 3 aromatic carbocycles. The van der Waals surface area contributed by atoms with Crippen LogP contribution in [0.25, 0.3) is 6.08 Å². The summed E-state index contributed by atoms with van der Waals surface area (Å²) in [6.45, 7) is 1.02. The maximum atomic E-state index is 13.0. The van der Waals surface area contributed by atoms with E-state index in [-0.39, 0.29) is 12.5 Å². The number of halogens is 2.